The first-order valence-electron chi connectivity index (χ1n) is 8.35. The van der Waals surface area contributed by atoms with E-state index < -0.39 is 0 Å². The van der Waals surface area contributed by atoms with Crippen molar-refractivity contribution in [1.82, 2.24) is 0 Å². The normalized spacial score (nSPS) is 11.0. The SMILES string of the molecule is COc1[c]c(Cc2cccc(OC)c2OC)c2c(c1)oc1ccccc12. The van der Waals surface area contributed by atoms with E-state index in [2.05, 4.69) is 12.1 Å². The highest BCUT2D eigenvalue weighted by Gasteiger charge is 2.17. The molecule has 4 rings (SSSR count). The van der Waals surface area contributed by atoms with Gasteiger partial charge in [0.1, 0.15) is 16.9 Å². The van der Waals surface area contributed by atoms with Crippen molar-refractivity contribution in [2.45, 2.75) is 6.42 Å². The van der Waals surface area contributed by atoms with Crippen LogP contribution in [0.25, 0.3) is 21.9 Å². The molecule has 0 atom stereocenters. The van der Waals surface area contributed by atoms with Crippen LogP contribution in [-0.4, -0.2) is 21.3 Å². The molecule has 0 saturated carbocycles. The van der Waals surface area contributed by atoms with Crippen LogP contribution in [0.5, 0.6) is 17.2 Å². The van der Waals surface area contributed by atoms with Crippen LogP contribution in [0, 0.1) is 6.07 Å². The summed E-state index contributed by atoms with van der Waals surface area (Å²) in [5.41, 5.74) is 3.65. The van der Waals surface area contributed by atoms with Gasteiger partial charge in [-0.15, -0.1) is 0 Å². The van der Waals surface area contributed by atoms with Gasteiger partial charge < -0.3 is 18.6 Å². The topological polar surface area (TPSA) is 40.8 Å². The molecule has 4 heteroatoms. The molecule has 0 aliphatic carbocycles. The molecule has 1 aromatic heterocycles. The van der Waals surface area contributed by atoms with Crippen LogP contribution >= 0.6 is 0 Å². The van der Waals surface area contributed by atoms with Crippen LogP contribution in [0.2, 0.25) is 0 Å². The van der Waals surface area contributed by atoms with Crippen molar-refractivity contribution in [2.24, 2.45) is 0 Å². The number of hydrogen-bond donors (Lipinski definition) is 0. The molecule has 0 unspecified atom stereocenters. The Labute approximate surface area is 151 Å². The molecule has 0 aliphatic rings. The first-order valence-corrected chi connectivity index (χ1v) is 8.35. The number of rotatable bonds is 5. The smallest absolute Gasteiger partial charge is 0.164 e. The Balaban J connectivity index is 1.94. The summed E-state index contributed by atoms with van der Waals surface area (Å²) in [6.45, 7) is 0. The van der Waals surface area contributed by atoms with Crippen LogP contribution in [0.1, 0.15) is 11.1 Å². The van der Waals surface area contributed by atoms with Gasteiger partial charge in [0.25, 0.3) is 0 Å². The highest BCUT2D eigenvalue weighted by Crippen LogP contribution is 2.38. The average Bonchev–Trinajstić information content (AvgIpc) is 3.06. The number of benzene rings is 3. The standard InChI is InChI=1S/C22H19O4/c1-23-16-12-15(11-14-7-6-10-19(24-2)22(14)25-3)21-17-8-4-5-9-18(17)26-20(21)13-16/h4-10,13H,11H2,1-3H3. The quantitative estimate of drug-likeness (QED) is 0.509. The lowest BCUT2D eigenvalue weighted by Gasteiger charge is -2.13. The van der Waals surface area contributed by atoms with Crippen molar-refractivity contribution < 1.29 is 18.6 Å². The lowest BCUT2D eigenvalue weighted by atomic mass is 9.98. The largest absolute Gasteiger partial charge is 0.496 e. The molecule has 0 amide bonds. The molecule has 1 heterocycles. The zero-order valence-electron chi connectivity index (χ0n) is 15.0. The third-order valence-electron chi connectivity index (χ3n) is 4.53. The molecule has 0 N–H and O–H groups in total. The number of hydrogen-bond acceptors (Lipinski definition) is 4. The van der Waals surface area contributed by atoms with Gasteiger partial charge in [0.2, 0.25) is 0 Å². The molecule has 0 saturated heterocycles. The van der Waals surface area contributed by atoms with Gasteiger partial charge in [-0.05, 0) is 17.7 Å². The number of fused-ring (bicyclic) bond motifs is 3. The summed E-state index contributed by atoms with van der Waals surface area (Å²) in [7, 11) is 4.93. The van der Waals surface area contributed by atoms with E-state index in [4.69, 9.17) is 18.6 Å². The fraction of sp³-hybridized carbons (Fsp3) is 0.182. The summed E-state index contributed by atoms with van der Waals surface area (Å²) in [6.07, 6.45) is 0.623. The Kier molecular flexibility index (Phi) is 4.17. The second-order valence-corrected chi connectivity index (χ2v) is 5.98. The maximum atomic E-state index is 6.02. The number of methoxy groups -OCH3 is 3. The van der Waals surface area contributed by atoms with Gasteiger partial charge in [0, 0.05) is 34.9 Å². The van der Waals surface area contributed by atoms with Crippen molar-refractivity contribution >= 4 is 21.9 Å². The summed E-state index contributed by atoms with van der Waals surface area (Å²) in [5, 5.41) is 2.12. The Morgan fingerprint density at radius 2 is 1.73 bits per heavy atom. The van der Waals surface area contributed by atoms with Gasteiger partial charge >= 0.3 is 0 Å². The van der Waals surface area contributed by atoms with E-state index >= 15 is 0 Å². The average molecular weight is 347 g/mol. The summed E-state index contributed by atoms with van der Waals surface area (Å²) in [4.78, 5) is 0. The van der Waals surface area contributed by atoms with Crippen LogP contribution in [-0.2, 0) is 6.42 Å². The monoisotopic (exact) mass is 347 g/mol. The van der Waals surface area contributed by atoms with Crippen LogP contribution in [0.3, 0.4) is 0 Å². The van der Waals surface area contributed by atoms with Gasteiger partial charge in [-0.25, -0.2) is 0 Å². The molecule has 0 aliphatic heterocycles. The van der Waals surface area contributed by atoms with Crippen molar-refractivity contribution in [3.63, 3.8) is 0 Å². The minimum atomic E-state index is 0.623. The lowest BCUT2D eigenvalue weighted by Crippen LogP contribution is -1.98. The van der Waals surface area contributed by atoms with Crippen LogP contribution < -0.4 is 14.2 Å². The maximum Gasteiger partial charge on any atom is 0.164 e. The van der Waals surface area contributed by atoms with E-state index in [1.165, 1.54) is 0 Å². The Hall–Kier alpha value is -3.14. The maximum absolute atomic E-state index is 6.02. The van der Waals surface area contributed by atoms with Crippen LogP contribution in [0.15, 0.2) is 52.9 Å². The van der Waals surface area contributed by atoms with Crippen LogP contribution in [0.4, 0.5) is 0 Å². The zero-order valence-corrected chi connectivity index (χ0v) is 15.0. The molecule has 0 spiro atoms. The summed E-state index contributed by atoms with van der Waals surface area (Å²) in [6, 6.07) is 19.1. The molecular weight excluding hydrogens is 328 g/mol. The van der Waals surface area contributed by atoms with Gasteiger partial charge in [0.15, 0.2) is 11.5 Å². The summed E-state index contributed by atoms with van der Waals surface area (Å²) >= 11 is 0. The third kappa shape index (κ3) is 2.64. The number of furan rings is 1. The predicted molar refractivity (Wildman–Crippen MR) is 101 cm³/mol. The van der Waals surface area contributed by atoms with E-state index in [-0.39, 0.29) is 0 Å². The minimum absolute atomic E-state index is 0.623. The highest BCUT2D eigenvalue weighted by molar-refractivity contribution is 6.07. The van der Waals surface area contributed by atoms with E-state index in [1.54, 1.807) is 21.3 Å². The second kappa shape index (κ2) is 6.64. The van der Waals surface area contributed by atoms with E-state index in [0.29, 0.717) is 17.9 Å². The molecule has 4 aromatic rings. The number of ether oxygens (including phenoxy) is 3. The molecule has 1 radical (unpaired) electrons. The highest BCUT2D eigenvalue weighted by atomic mass is 16.5. The molecule has 0 bridgehead atoms. The van der Waals surface area contributed by atoms with E-state index in [1.807, 2.05) is 42.5 Å². The fourth-order valence-corrected chi connectivity index (χ4v) is 3.37. The van der Waals surface area contributed by atoms with E-state index in [0.717, 1.165) is 38.8 Å². The van der Waals surface area contributed by atoms with Gasteiger partial charge in [-0.2, -0.15) is 0 Å². The first-order chi connectivity index (χ1) is 12.7. The van der Waals surface area contributed by atoms with Crippen molar-refractivity contribution in [3.05, 3.63) is 65.7 Å². The predicted octanol–water partition coefficient (Wildman–Crippen LogP) is 5.00. The van der Waals surface area contributed by atoms with Crippen molar-refractivity contribution in [1.29, 1.82) is 0 Å². The molecule has 4 nitrogen and oxygen atoms in total. The molecular formula is C22H19O4. The molecule has 131 valence electrons. The fourth-order valence-electron chi connectivity index (χ4n) is 3.37. The third-order valence-corrected chi connectivity index (χ3v) is 4.53. The Morgan fingerprint density at radius 3 is 2.50 bits per heavy atom. The molecule has 0 fully saturated rings. The summed E-state index contributed by atoms with van der Waals surface area (Å²) < 4.78 is 22.5. The number of para-hydroxylation sites is 2. The summed E-state index contributed by atoms with van der Waals surface area (Å²) in [5.74, 6) is 2.08. The second-order valence-electron chi connectivity index (χ2n) is 5.98. The Bertz CT molecular complexity index is 1080. The Morgan fingerprint density at radius 1 is 0.885 bits per heavy atom. The zero-order chi connectivity index (χ0) is 18.1. The van der Waals surface area contributed by atoms with Gasteiger partial charge in [-0.3, -0.25) is 0 Å². The lowest BCUT2D eigenvalue weighted by molar-refractivity contribution is 0.352. The van der Waals surface area contributed by atoms with Gasteiger partial charge in [0.05, 0.1) is 21.3 Å². The minimum Gasteiger partial charge on any atom is -0.496 e. The van der Waals surface area contributed by atoms with Crippen molar-refractivity contribution in [3.8, 4) is 17.2 Å². The molecule has 26 heavy (non-hydrogen) atoms. The van der Waals surface area contributed by atoms with Gasteiger partial charge in [-0.1, -0.05) is 30.3 Å². The van der Waals surface area contributed by atoms with E-state index in [9.17, 15) is 0 Å². The molecule has 3 aromatic carbocycles. The van der Waals surface area contributed by atoms with Crippen molar-refractivity contribution in [2.75, 3.05) is 21.3 Å². The first kappa shape index (κ1) is 16.3.